The molecule has 0 aromatic rings. The summed E-state index contributed by atoms with van der Waals surface area (Å²) in [4.78, 5) is 25.3. The molecular formula is C55H90O5. The van der Waals surface area contributed by atoms with Gasteiger partial charge in [0.2, 0.25) is 0 Å². The fourth-order valence-corrected chi connectivity index (χ4v) is 6.23. The van der Waals surface area contributed by atoms with Gasteiger partial charge >= 0.3 is 11.9 Å². The fourth-order valence-electron chi connectivity index (χ4n) is 6.23. The highest BCUT2D eigenvalue weighted by atomic mass is 16.6. The third kappa shape index (κ3) is 47.2. The molecule has 0 fully saturated rings. The first-order valence-electron chi connectivity index (χ1n) is 24.4. The highest BCUT2D eigenvalue weighted by Gasteiger charge is 2.17. The van der Waals surface area contributed by atoms with Crippen LogP contribution in [0.1, 0.15) is 201 Å². The molecule has 0 saturated carbocycles. The van der Waals surface area contributed by atoms with E-state index in [-0.39, 0.29) is 31.6 Å². The third-order valence-corrected chi connectivity index (χ3v) is 9.79. The normalized spacial score (nSPS) is 13.2. The van der Waals surface area contributed by atoms with Crippen molar-refractivity contribution < 1.29 is 23.8 Å². The van der Waals surface area contributed by atoms with Crippen LogP contribution in [0.5, 0.6) is 0 Å². The maximum atomic E-state index is 12.7. The molecule has 340 valence electrons. The first-order valence-corrected chi connectivity index (χ1v) is 24.4. The molecule has 0 amide bonds. The maximum Gasteiger partial charge on any atom is 0.306 e. The predicted molar refractivity (Wildman–Crippen MR) is 260 cm³/mol. The van der Waals surface area contributed by atoms with Gasteiger partial charge in [0.05, 0.1) is 6.61 Å². The molecule has 0 aliphatic rings. The second-order valence-electron chi connectivity index (χ2n) is 15.6. The Bertz CT molecular complexity index is 1210. The molecule has 0 aliphatic carbocycles. The largest absolute Gasteiger partial charge is 0.462 e. The van der Waals surface area contributed by atoms with Gasteiger partial charge in [-0.05, 0) is 103 Å². The van der Waals surface area contributed by atoms with Gasteiger partial charge in [-0.1, -0.05) is 194 Å². The lowest BCUT2D eigenvalue weighted by molar-refractivity contribution is -0.162. The number of allylic oxidation sites excluding steroid dienone is 18. The Labute approximate surface area is 370 Å². The predicted octanol–water partition coefficient (Wildman–Crippen LogP) is 16.4. The topological polar surface area (TPSA) is 61.8 Å². The van der Waals surface area contributed by atoms with E-state index in [0.29, 0.717) is 19.4 Å². The van der Waals surface area contributed by atoms with Gasteiger partial charge in [0.25, 0.3) is 0 Å². The average molecular weight is 831 g/mol. The highest BCUT2D eigenvalue weighted by Crippen LogP contribution is 2.12. The van der Waals surface area contributed by atoms with E-state index < -0.39 is 6.10 Å². The average Bonchev–Trinajstić information content (AvgIpc) is 3.25. The molecular weight excluding hydrogens is 741 g/mol. The summed E-state index contributed by atoms with van der Waals surface area (Å²) in [6.45, 7) is 7.36. The standard InChI is InChI=1S/C55H90O5/c1-4-7-10-13-16-19-22-25-27-28-29-31-33-36-39-42-45-48-54(56)59-52-53(51-58-50-47-44-41-38-35-32-26-23-20-17-14-11-8-5-2)60-55(57)49-46-43-40-37-34-30-24-21-18-15-12-9-6-3/h8-9,11-12,17-18,20-21,25-27,30,32,34,38,40-41,43,53H,4-7,10,13-16,19,22-24,28-29,31,33,35-37,39,42,44-52H2,1-3H3/b11-8-,12-9-,20-17-,21-18-,27-25-,32-26-,34-30-,41-38-,43-40-. The first-order chi connectivity index (χ1) is 29.6. The van der Waals surface area contributed by atoms with Crippen molar-refractivity contribution in [3.05, 3.63) is 109 Å². The lowest BCUT2D eigenvalue weighted by atomic mass is 10.1. The van der Waals surface area contributed by atoms with Crippen LogP contribution in [0, 0.1) is 0 Å². The second-order valence-corrected chi connectivity index (χ2v) is 15.6. The third-order valence-electron chi connectivity index (χ3n) is 9.79. The number of hydrogen-bond donors (Lipinski definition) is 0. The van der Waals surface area contributed by atoms with E-state index in [0.717, 1.165) is 83.5 Å². The van der Waals surface area contributed by atoms with Crippen molar-refractivity contribution in [2.45, 2.75) is 207 Å². The van der Waals surface area contributed by atoms with Crippen LogP contribution in [-0.4, -0.2) is 37.9 Å². The molecule has 0 heterocycles. The van der Waals surface area contributed by atoms with Crippen molar-refractivity contribution in [2.24, 2.45) is 0 Å². The Morgan fingerprint density at radius 3 is 1.28 bits per heavy atom. The summed E-state index contributed by atoms with van der Waals surface area (Å²) < 4.78 is 17.2. The van der Waals surface area contributed by atoms with Crippen LogP contribution in [0.3, 0.4) is 0 Å². The zero-order valence-corrected chi connectivity index (χ0v) is 38.9. The highest BCUT2D eigenvalue weighted by molar-refractivity contribution is 5.70. The van der Waals surface area contributed by atoms with E-state index in [1.165, 1.54) is 77.0 Å². The van der Waals surface area contributed by atoms with Crippen LogP contribution in [-0.2, 0) is 23.8 Å². The Hall–Kier alpha value is -3.44. The molecule has 5 heteroatoms. The van der Waals surface area contributed by atoms with E-state index in [2.05, 4.69) is 124 Å². The van der Waals surface area contributed by atoms with Gasteiger partial charge in [-0.25, -0.2) is 0 Å². The second kappa shape index (κ2) is 49.9. The number of rotatable bonds is 43. The molecule has 60 heavy (non-hydrogen) atoms. The van der Waals surface area contributed by atoms with Crippen LogP contribution in [0.4, 0.5) is 0 Å². The van der Waals surface area contributed by atoms with Crippen molar-refractivity contribution in [1.29, 1.82) is 0 Å². The number of unbranched alkanes of at least 4 members (excludes halogenated alkanes) is 14. The SMILES string of the molecule is CC/C=C\C/C=C\C/C=C\C/C=C\CCCOCC(COC(=O)CCCCCCCCC/C=C\CCCCCCCC)OC(=O)CC/C=C\C/C=C\C/C=C\C/C=C\CC. The van der Waals surface area contributed by atoms with Crippen LogP contribution < -0.4 is 0 Å². The number of ether oxygens (including phenoxy) is 3. The Morgan fingerprint density at radius 2 is 0.783 bits per heavy atom. The minimum absolute atomic E-state index is 0.0266. The molecule has 0 saturated heterocycles. The van der Waals surface area contributed by atoms with E-state index in [1.807, 2.05) is 6.08 Å². The molecule has 1 unspecified atom stereocenters. The molecule has 0 N–H and O–H groups in total. The van der Waals surface area contributed by atoms with Gasteiger partial charge in [-0.3, -0.25) is 9.59 Å². The summed E-state index contributed by atoms with van der Waals surface area (Å²) in [6, 6.07) is 0. The van der Waals surface area contributed by atoms with Crippen LogP contribution in [0.25, 0.3) is 0 Å². The molecule has 0 aromatic carbocycles. The first kappa shape index (κ1) is 56.6. The Balaban J connectivity index is 4.43. The van der Waals surface area contributed by atoms with Crippen molar-refractivity contribution in [3.8, 4) is 0 Å². The minimum Gasteiger partial charge on any atom is -0.462 e. The quantitative estimate of drug-likeness (QED) is 0.0348. The minimum atomic E-state index is -0.610. The summed E-state index contributed by atoms with van der Waals surface area (Å²) >= 11 is 0. The maximum absolute atomic E-state index is 12.7. The molecule has 1 atom stereocenters. The van der Waals surface area contributed by atoms with Gasteiger partial charge in [0.1, 0.15) is 6.61 Å². The van der Waals surface area contributed by atoms with Gasteiger partial charge in [0, 0.05) is 19.4 Å². The van der Waals surface area contributed by atoms with E-state index >= 15 is 0 Å². The number of carbonyl (C=O) groups is 2. The van der Waals surface area contributed by atoms with Crippen molar-refractivity contribution >= 4 is 11.9 Å². The van der Waals surface area contributed by atoms with E-state index in [4.69, 9.17) is 14.2 Å². The number of esters is 2. The lowest BCUT2D eigenvalue weighted by Crippen LogP contribution is -2.30. The molecule has 0 rings (SSSR count). The molecule has 0 spiro atoms. The summed E-state index contributed by atoms with van der Waals surface area (Å²) in [5, 5.41) is 0. The zero-order valence-electron chi connectivity index (χ0n) is 38.9. The van der Waals surface area contributed by atoms with Crippen molar-refractivity contribution in [1.82, 2.24) is 0 Å². The van der Waals surface area contributed by atoms with Gasteiger partial charge < -0.3 is 14.2 Å². The van der Waals surface area contributed by atoms with E-state index in [9.17, 15) is 9.59 Å². The number of hydrogen-bond acceptors (Lipinski definition) is 5. The van der Waals surface area contributed by atoms with Crippen LogP contribution in [0.15, 0.2) is 109 Å². The summed E-state index contributed by atoms with van der Waals surface area (Å²) in [7, 11) is 0. The van der Waals surface area contributed by atoms with Crippen molar-refractivity contribution in [3.63, 3.8) is 0 Å². The molecule has 0 bridgehead atoms. The van der Waals surface area contributed by atoms with Crippen LogP contribution >= 0.6 is 0 Å². The van der Waals surface area contributed by atoms with E-state index in [1.54, 1.807) is 0 Å². The summed E-state index contributed by atoms with van der Waals surface area (Å²) in [6.07, 6.45) is 68.3. The monoisotopic (exact) mass is 831 g/mol. The Morgan fingerprint density at radius 1 is 0.383 bits per heavy atom. The molecule has 0 aromatic heterocycles. The van der Waals surface area contributed by atoms with Gasteiger partial charge in [0.15, 0.2) is 6.10 Å². The van der Waals surface area contributed by atoms with Crippen molar-refractivity contribution in [2.75, 3.05) is 19.8 Å². The smallest absolute Gasteiger partial charge is 0.306 e. The van der Waals surface area contributed by atoms with Gasteiger partial charge in [-0.15, -0.1) is 0 Å². The van der Waals surface area contributed by atoms with Gasteiger partial charge in [-0.2, -0.15) is 0 Å². The summed E-state index contributed by atoms with van der Waals surface area (Å²) in [5.74, 6) is -0.533. The molecule has 0 radical (unpaired) electrons. The van der Waals surface area contributed by atoms with Crippen LogP contribution in [0.2, 0.25) is 0 Å². The molecule has 0 aliphatic heterocycles. The lowest BCUT2D eigenvalue weighted by Gasteiger charge is -2.18. The zero-order chi connectivity index (χ0) is 43.5. The summed E-state index contributed by atoms with van der Waals surface area (Å²) in [5.41, 5.74) is 0. The number of carbonyl (C=O) groups excluding carboxylic acids is 2. The molecule has 5 nitrogen and oxygen atoms in total. The Kier molecular flexibility index (Phi) is 47.1. The fraction of sp³-hybridized carbons (Fsp3) is 0.636.